The van der Waals surface area contributed by atoms with Gasteiger partial charge in [-0.1, -0.05) is 29.3 Å². The summed E-state index contributed by atoms with van der Waals surface area (Å²) in [6.45, 7) is 0. The van der Waals surface area contributed by atoms with Crippen LogP contribution in [0.4, 0.5) is 0 Å². The van der Waals surface area contributed by atoms with E-state index in [0.717, 1.165) is 0 Å². The van der Waals surface area contributed by atoms with E-state index in [-0.39, 0.29) is 32.0 Å². The van der Waals surface area contributed by atoms with Gasteiger partial charge in [0.25, 0.3) is 5.91 Å². The number of rotatable bonds is 5. The second-order valence-corrected chi connectivity index (χ2v) is 6.62. The van der Waals surface area contributed by atoms with Crippen molar-refractivity contribution in [1.82, 2.24) is 0 Å². The molecule has 0 unspecified atom stereocenters. The zero-order valence-electron chi connectivity index (χ0n) is 11.7. The van der Waals surface area contributed by atoms with Crippen molar-refractivity contribution in [2.75, 3.05) is 7.11 Å². The van der Waals surface area contributed by atoms with Gasteiger partial charge in [-0.3, -0.25) is 4.79 Å². The van der Waals surface area contributed by atoms with Crippen LogP contribution in [0, 0.1) is 0 Å². The molecule has 0 radical (unpaired) electrons. The Bertz CT molecular complexity index is 867. The summed E-state index contributed by atoms with van der Waals surface area (Å²) in [5, 5.41) is -0.130. The van der Waals surface area contributed by atoms with Crippen LogP contribution in [-0.4, -0.2) is 21.4 Å². The molecule has 122 valence electrons. The Labute approximate surface area is 142 Å². The van der Waals surface area contributed by atoms with E-state index < -0.39 is 16.0 Å². The number of methoxy groups -OCH3 is 1. The molecule has 1 amide bonds. The summed E-state index contributed by atoms with van der Waals surface area (Å²) < 4.78 is 34.8. The molecule has 2 N–H and O–H groups in total. The van der Waals surface area contributed by atoms with Crippen molar-refractivity contribution in [3.8, 4) is 11.5 Å². The first-order chi connectivity index (χ1) is 10.8. The number of primary amides is 1. The topological polar surface area (TPSA) is 95.7 Å². The number of nitrogens with two attached hydrogens (primary N) is 1. The Morgan fingerprint density at radius 2 is 1.87 bits per heavy atom. The lowest BCUT2D eigenvalue weighted by Crippen LogP contribution is -2.16. The van der Waals surface area contributed by atoms with Crippen LogP contribution in [0.1, 0.15) is 10.4 Å². The lowest BCUT2D eigenvalue weighted by molar-refractivity contribution is 0.0999. The second-order valence-electron chi connectivity index (χ2n) is 4.32. The summed E-state index contributed by atoms with van der Waals surface area (Å²) in [4.78, 5) is 11.1. The lowest BCUT2D eigenvalue weighted by atomic mass is 10.2. The molecule has 0 aliphatic heterocycles. The zero-order valence-corrected chi connectivity index (χ0v) is 14.1. The third-order valence-electron chi connectivity index (χ3n) is 2.84. The SMILES string of the molecule is COc1ccc(C(N)=O)c(OS(=O)(=O)c2cccc(Cl)c2Cl)c1. The molecule has 2 rings (SSSR count). The van der Waals surface area contributed by atoms with Gasteiger partial charge in [0.2, 0.25) is 0 Å². The van der Waals surface area contributed by atoms with Gasteiger partial charge in [0, 0.05) is 6.07 Å². The van der Waals surface area contributed by atoms with Gasteiger partial charge in [0.15, 0.2) is 5.75 Å². The molecule has 0 saturated carbocycles. The van der Waals surface area contributed by atoms with Crippen molar-refractivity contribution in [3.63, 3.8) is 0 Å². The molecule has 0 aliphatic carbocycles. The molecule has 23 heavy (non-hydrogen) atoms. The van der Waals surface area contributed by atoms with Crippen LogP contribution in [0.25, 0.3) is 0 Å². The van der Waals surface area contributed by atoms with E-state index in [2.05, 4.69) is 0 Å². The summed E-state index contributed by atoms with van der Waals surface area (Å²) >= 11 is 11.7. The van der Waals surface area contributed by atoms with Gasteiger partial charge in [0.05, 0.1) is 22.7 Å². The fraction of sp³-hybridized carbons (Fsp3) is 0.0714. The van der Waals surface area contributed by atoms with Crippen LogP contribution in [0.15, 0.2) is 41.3 Å². The van der Waals surface area contributed by atoms with Crippen molar-refractivity contribution in [3.05, 3.63) is 52.0 Å². The van der Waals surface area contributed by atoms with Gasteiger partial charge in [0.1, 0.15) is 10.6 Å². The van der Waals surface area contributed by atoms with E-state index >= 15 is 0 Å². The fourth-order valence-electron chi connectivity index (χ4n) is 1.74. The molecule has 0 fully saturated rings. The zero-order chi connectivity index (χ0) is 17.2. The molecule has 0 bridgehead atoms. The first kappa shape index (κ1) is 17.4. The summed E-state index contributed by atoms with van der Waals surface area (Å²) in [7, 11) is -2.95. The Morgan fingerprint density at radius 3 is 2.48 bits per heavy atom. The van der Waals surface area contributed by atoms with Crippen LogP contribution in [0.3, 0.4) is 0 Å². The molecular weight excluding hydrogens is 365 g/mol. The maximum absolute atomic E-state index is 12.4. The number of ether oxygens (including phenoxy) is 1. The molecule has 0 aliphatic rings. The summed E-state index contributed by atoms with van der Waals surface area (Å²) in [6.07, 6.45) is 0. The van der Waals surface area contributed by atoms with Gasteiger partial charge in [-0.2, -0.15) is 8.42 Å². The molecule has 0 spiro atoms. The van der Waals surface area contributed by atoms with Gasteiger partial charge in [-0.05, 0) is 24.3 Å². The monoisotopic (exact) mass is 375 g/mol. The number of hydrogen-bond donors (Lipinski definition) is 1. The Kier molecular flexibility index (Phi) is 5.03. The predicted octanol–water partition coefficient (Wildman–Crippen LogP) is 2.87. The minimum Gasteiger partial charge on any atom is -0.497 e. The van der Waals surface area contributed by atoms with E-state index in [9.17, 15) is 13.2 Å². The summed E-state index contributed by atoms with van der Waals surface area (Å²) in [6, 6.07) is 8.05. The first-order valence-corrected chi connectivity index (χ1v) is 8.29. The fourth-order valence-corrected chi connectivity index (χ4v) is 3.42. The highest BCUT2D eigenvalue weighted by molar-refractivity contribution is 7.87. The van der Waals surface area contributed by atoms with Crippen LogP contribution >= 0.6 is 23.2 Å². The third kappa shape index (κ3) is 3.69. The molecule has 0 atom stereocenters. The molecule has 0 saturated heterocycles. The van der Waals surface area contributed by atoms with Crippen molar-refractivity contribution < 1.29 is 22.1 Å². The number of hydrogen-bond acceptors (Lipinski definition) is 5. The highest BCUT2D eigenvalue weighted by Gasteiger charge is 2.24. The normalized spacial score (nSPS) is 11.1. The highest BCUT2D eigenvalue weighted by Crippen LogP contribution is 2.32. The Balaban J connectivity index is 2.52. The van der Waals surface area contributed by atoms with Crippen LogP contribution in [0.2, 0.25) is 10.0 Å². The molecule has 9 heteroatoms. The largest absolute Gasteiger partial charge is 0.497 e. The average molecular weight is 376 g/mol. The Hall–Kier alpha value is -1.96. The van der Waals surface area contributed by atoms with Crippen molar-refractivity contribution in [1.29, 1.82) is 0 Å². The number of carbonyl (C=O) groups excluding carboxylic acids is 1. The van der Waals surface area contributed by atoms with Gasteiger partial charge in [-0.15, -0.1) is 0 Å². The number of carbonyl (C=O) groups is 1. The Morgan fingerprint density at radius 1 is 1.17 bits per heavy atom. The van der Waals surface area contributed by atoms with Crippen LogP contribution in [-0.2, 0) is 10.1 Å². The molecule has 2 aromatic carbocycles. The minimum atomic E-state index is -4.33. The quantitative estimate of drug-likeness (QED) is 0.810. The maximum atomic E-state index is 12.4. The van der Waals surface area contributed by atoms with Crippen molar-refractivity contribution >= 4 is 39.2 Å². The van der Waals surface area contributed by atoms with Gasteiger partial charge >= 0.3 is 10.1 Å². The minimum absolute atomic E-state index is 0.0529. The third-order valence-corrected chi connectivity index (χ3v) is 5.05. The number of halogens is 2. The molecule has 0 heterocycles. The van der Waals surface area contributed by atoms with E-state index in [0.29, 0.717) is 0 Å². The smallest absolute Gasteiger partial charge is 0.340 e. The number of amides is 1. The van der Waals surface area contributed by atoms with E-state index in [1.54, 1.807) is 0 Å². The lowest BCUT2D eigenvalue weighted by Gasteiger charge is -2.12. The van der Waals surface area contributed by atoms with Gasteiger partial charge in [-0.25, -0.2) is 0 Å². The molecule has 0 aromatic heterocycles. The van der Waals surface area contributed by atoms with E-state index in [1.165, 1.54) is 43.5 Å². The molecular formula is C14H11Cl2NO5S. The number of benzene rings is 2. The predicted molar refractivity (Wildman–Crippen MR) is 85.8 cm³/mol. The standard InChI is InChI=1S/C14H11Cl2NO5S/c1-21-8-5-6-9(14(17)18)11(7-8)22-23(19,20)12-4-2-3-10(15)13(12)16/h2-7H,1H3,(H2,17,18). The van der Waals surface area contributed by atoms with Gasteiger partial charge < -0.3 is 14.7 Å². The maximum Gasteiger partial charge on any atom is 0.340 e. The summed E-state index contributed by atoms with van der Waals surface area (Å²) in [5.41, 5.74) is 5.10. The molecule has 6 nitrogen and oxygen atoms in total. The van der Waals surface area contributed by atoms with E-state index in [1.807, 2.05) is 0 Å². The van der Waals surface area contributed by atoms with E-state index in [4.69, 9.17) is 37.9 Å². The first-order valence-electron chi connectivity index (χ1n) is 6.12. The van der Waals surface area contributed by atoms with Crippen LogP contribution in [0.5, 0.6) is 11.5 Å². The second kappa shape index (κ2) is 6.66. The molecule has 2 aromatic rings. The summed E-state index contributed by atoms with van der Waals surface area (Å²) in [5.74, 6) is -0.833. The highest BCUT2D eigenvalue weighted by atomic mass is 35.5. The van der Waals surface area contributed by atoms with Crippen molar-refractivity contribution in [2.45, 2.75) is 4.90 Å². The van der Waals surface area contributed by atoms with Crippen molar-refractivity contribution in [2.24, 2.45) is 5.73 Å². The van der Waals surface area contributed by atoms with Crippen LogP contribution < -0.4 is 14.7 Å². The average Bonchev–Trinajstić information content (AvgIpc) is 2.49.